The average Bonchev–Trinajstić information content (AvgIpc) is 2.75. The van der Waals surface area contributed by atoms with E-state index in [0.29, 0.717) is 29.7 Å². The van der Waals surface area contributed by atoms with Crippen LogP contribution in [0.25, 0.3) is 11.0 Å². The van der Waals surface area contributed by atoms with E-state index in [1.165, 1.54) is 6.07 Å². The second kappa shape index (κ2) is 4.45. The highest BCUT2D eigenvalue weighted by Crippen LogP contribution is 2.14. The standard InChI is InChI=1S/C12H15N3O2/c1-3-15(4-2)12(17)8-7-14-11-10(8)9(16)5-6-13-11/h5-7H,3-4H2,1-2H3,(H2,13,14,16). The summed E-state index contributed by atoms with van der Waals surface area (Å²) >= 11 is 0. The molecule has 0 aliphatic carbocycles. The number of H-pyrrole nitrogens is 2. The highest BCUT2D eigenvalue weighted by molar-refractivity contribution is 6.05. The van der Waals surface area contributed by atoms with Crippen molar-refractivity contribution in [3.8, 4) is 0 Å². The van der Waals surface area contributed by atoms with Gasteiger partial charge in [-0.05, 0) is 13.8 Å². The van der Waals surface area contributed by atoms with E-state index in [0.717, 1.165) is 0 Å². The van der Waals surface area contributed by atoms with Gasteiger partial charge < -0.3 is 14.9 Å². The van der Waals surface area contributed by atoms with Crippen LogP contribution in [0.2, 0.25) is 0 Å². The van der Waals surface area contributed by atoms with E-state index in [2.05, 4.69) is 9.97 Å². The number of pyridine rings is 1. The quantitative estimate of drug-likeness (QED) is 0.839. The first-order chi connectivity index (χ1) is 8.19. The molecule has 0 saturated carbocycles. The number of aromatic nitrogens is 2. The van der Waals surface area contributed by atoms with Crippen LogP contribution in [0, 0.1) is 0 Å². The number of carbonyl (C=O) groups excluding carboxylic acids is 1. The molecule has 2 rings (SSSR count). The number of nitrogens with zero attached hydrogens (tertiary/aromatic N) is 1. The normalized spacial score (nSPS) is 10.7. The molecule has 1 amide bonds. The van der Waals surface area contributed by atoms with Gasteiger partial charge in [0.1, 0.15) is 5.65 Å². The molecule has 0 radical (unpaired) electrons. The summed E-state index contributed by atoms with van der Waals surface area (Å²) in [5, 5.41) is 0.435. The van der Waals surface area contributed by atoms with Gasteiger partial charge in [0.05, 0.1) is 10.9 Å². The van der Waals surface area contributed by atoms with Gasteiger partial charge in [-0.25, -0.2) is 0 Å². The van der Waals surface area contributed by atoms with Crippen molar-refractivity contribution in [2.24, 2.45) is 0 Å². The smallest absolute Gasteiger partial charge is 0.256 e. The summed E-state index contributed by atoms with van der Waals surface area (Å²) in [6.07, 6.45) is 3.15. The van der Waals surface area contributed by atoms with Crippen molar-refractivity contribution in [2.75, 3.05) is 13.1 Å². The van der Waals surface area contributed by atoms with Gasteiger partial charge in [-0.2, -0.15) is 0 Å². The van der Waals surface area contributed by atoms with Crippen molar-refractivity contribution in [3.05, 3.63) is 34.2 Å². The average molecular weight is 233 g/mol. The largest absolute Gasteiger partial charge is 0.347 e. The number of hydrogen-bond donors (Lipinski definition) is 2. The lowest BCUT2D eigenvalue weighted by Crippen LogP contribution is -2.30. The van der Waals surface area contributed by atoms with E-state index in [-0.39, 0.29) is 11.3 Å². The van der Waals surface area contributed by atoms with Gasteiger partial charge >= 0.3 is 0 Å². The van der Waals surface area contributed by atoms with Crippen LogP contribution in [-0.4, -0.2) is 33.9 Å². The number of nitrogens with one attached hydrogen (secondary N) is 2. The maximum Gasteiger partial charge on any atom is 0.256 e. The highest BCUT2D eigenvalue weighted by Gasteiger charge is 2.18. The third-order valence-corrected chi connectivity index (χ3v) is 2.87. The zero-order valence-electron chi connectivity index (χ0n) is 9.91. The van der Waals surface area contributed by atoms with Crippen LogP contribution in [0.3, 0.4) is 0 Å². The third-order valence-electron chi connectivity index (χ3n) is 2.87. The van der Waals surface area contributed by atoms with Crippen LogP contribution in [0.1, 0.15) is 24.2 Å². The first kappa shape index (κ1) is 11.4. The van der Waals surface area contributed by atoms with Crippen LogP contribution in [-0.2, 0) is 0 Å². The molecule has 0 unspecified atom stereocenters. The Morgan fingerprint density at radius 2 is 2.00 bits per heavy atom. The van der Waals surface area contributed by atoms with Gasteiger partial charge in [-0.15, -0.1) is 0 Å². The molecular weight excluding hydrogens is 218 g/mol. The van der Waals surface area contributed by atoms with Crippen molar-refractivity contribution in [1.82, 2.24) is 14.9 Å². The number of rotatable bonds is 3. The van der Waals surface area contributed by atoms with E-state index in [9.17, 15) is 9.59 Å². The van der Waals surface area contributed by atoms with Gasteiger partial charge in [0.15, 0.2) is 5.43 Å². The van der Waals surface area contributed by atoms with E-state index >= 15 is 0 Å². The first-order valence-electron chi connectivity index (χ1n) is 5.67. The molecule has 0 spiro atoms. The molecule has 90 valence electrons. The molecule has 0 bridgehead atoms. The maximum absolute atomic E-state index is 12.2. The van der Waals surface area contributed by atoms with Gasteiger partial charge in [0.2, 0.25) is 0 Å². The van der Waals surface area contributed by atoms with Gasteiger partial charge in [-0.3, -0.25) is 9.59 Å². The summed E-state index contributed by atoms with van der Waals surface area (Å²) < 4.78 is 0. The van der Waals surface area contributed by atoms with Crippen molar-refractivity contribution in [2.45, 2.75) is 13.8 Å². The lowest BCUT2D eigenvalue weighted by Gasteiger charge is -2.17. The number of carbonyl (C=O) groups is 1. The third kappa shape index (κ3) is 1.84. The van der Waals surface area contributed by atoms with Crippen molar-refractivity contribution >= 4 is 16.9 Å². The van der Waals surface area contributed by atoms with Crippen molar-refractivity contribution in [3.63, 3.8) is 0 Å². The molecule has 0 aliphatic rings. The molecule has 0 saturated heterocycles. The summed E-state index contributed by atoms with van der Waals surface area (Å²) in [5.41, 5.74) is 0.883. The molecular formula is C12H15N3O2. The van der Waals surface area contributed by atoms with Crippen LogP contribution >= 0.6 is 0 Å². The Balaban J connectivity index is 2.56. The van der Waals surface area contributed by atoms with E-state index in [1.54, 1.807) is 17.3 Å². The van der Waals surface area contributed by atoms with Gasteiger partial charge in [0, 0.05) is 31.5 Å². The minimum atomic E-state index is -0.143. The molecule has 2 aromatic heterocycles. The first-order valence-corrected chi connectivity index (χ1v) is 5.67. The number of fused-ring (bicyclic) bond motifs is 1. The fourth-order valence-corrected chi connectivity index (χ4v) is 1.93. The van der Waals surface area contributed by atoms with Crippen LogP contribution in [0.5, 0.6) is 0 Å². The van der Waals surface area contributed by atoms with Crippen molar-refractivity contribution < 1.29 is 4.79 Å². The zero-order valence-corrected chi connectivity index (χ0v) is 9.91. The Morgan fingerprint density at radius 3 is 2.65 bits per heavy atom. The lowest BCUT2D eigenvalue weighted by molar-refractivity contribution is 0.0775. The molecule has 5 nitrogen and oxygen atoms in total. The second-order valence-electron chi connectivity index (χ2n) is 3.77. The fraction of sp³-hybridized carbons (Fsp3) is 0.333. The molecule has 17 heavy (non-hydrogen) atoms. The molecule has 0 aromatic carbocycles. The zero-order chi connectivity index (χ0) is 12.4. The molecule has 0 atom stereocenters. The fourth-order valence-electron chi connectivity index (χ4n) is 1.93. The Hall–Kier alpha value is -2.04. The van der Waals surface area contributed by atoms with Gasteiger partial charge in [0.25, 0.3) is 5.91 Å². The summed E-state index contributed by atoms with van der Waals surface area (Å²) in [7, 11) is 0. The summed E-state index contributed by atoms with van der Waals surface area (Å²) in [5.74, 6) is -0.113. The number of hydrogen-bond acceptors (Lipinski definition) is 2. The minimum Gasteiger partial charge on any atom is -0.347 e. The van der Waals surface area contributed by atoms with Crippen LogP contribution in [0.15, 0.2) is 23.3 Å². The van der Waals surface area contributed by atoms with Gasteiger partial charge in [-0.1, -0.05) is 0 Å². The Morgan fingerprint density at radius 1 is 1.29 bits per heavy atom. The molecule has 2 aromatic rings. The Kier molecular flexibility index (Phi) is 2.99. The Labute approximate surface area is 98.4 Å². The molecule has 2 N–H and O–H groups in total. The lowest BCUT2D eigenvalue weighted by atomic mass is 10.2. The number of aromatic amines is 2. The predicted octanol–water partition coefficient (Wildman–Crippen LogP) is 1.34. The maximum atomic E-state index is 12.2. The Bertz CT molecular complexity index is 593. The van der Waals surface area contributed by atoms with Crippen LogP contribution < -0.4 is 5.43 Å². The predicted molar refractivity (Wildman–Crippen MR) is 66.2 cm³/mol. The molecule has 5 heteroatoms. The van der Waals surface area contributed by atoms with E-state index in [1.807, 2.05) is 13.8 Å². The summed E-state index contributed by atoms with van der Waals surface area (Å²) in [4.78, 5) is 31.5. The molecule has 0 aliphatic heterocycles. The monoisotopic (exact) mass is 233 g/mol. The highest BCUT2D eigenvalue weighted by atomic mass is 16.2. The minimum absolute atomic E-state index is 0.113. The second-order valence-corrected chi connectivity index (χ2v) is 3.77. The summed E-state index contributed by atoms with van der Waals surface area (Å²) in [6.45, 7) is 5.10. The SMILES string of the molecule is CCN(CC)C(=O)c1c[nH]c2[nH]ccc(=O)c12. The van der Waals surface area contributed by atoms with E-state index < -0.39 is 0 Å². The van der Waals surface area contributed by atoms with Crippen molar-refractivity contribution in [1.29, 1.82) is 0 Å². The van der Waals surface area contributed by atoms with Crippen LogP contribution in [0.4, 0.5) is 0 Å². The summed E-state index contributed by atoms with van der Waals surface area (Å²) in [6, 6.07) is 1.43. The molecule has 0 fully saturated rings. The van der Waals surface area contributed by atoms with E-state index in [4.69, 9.17) is 0 Å². The topological polar surface area (TPSA) is 69.0 Å². The molecule has 2 heterocycles. The number of amides is 1.